The van der Waals surface area contributed by atoms with Crippen LogP contribution in [0.1, 0.15) is 26.3 Å². The second-order valence-corrected chi connectivity index (χ2v) is 7.51. The molecule has 0 saturated heterocycles. The van der Waals surface area contributed by atoms with Gasteiger partial charge in [-0.15, -0.1) is 0 Å². The van der Waals surface area contributed by atoms with Gasteiger partial charge in [0.25, 0.3) is 11.8 Å². The van der Waals surface area contributed by atoms with Crippen LogP contribution in [0.15, 0.2) is 77.3 Å². The number of nitrogens with one attached hydrogen (secondary N) is 2. The van der Waals surface area contributed by atoms with E-state index in [1.165, 1.54) is 0 Å². The summed E-state index contributed by atoms with van der Waals surface area (Å²) in [7, 11) is 1.60. The van der Waals surface area contributed by atoms with Crippen LogP contribution < -0.4 is 15.4 Å². The smallest absolute Gasteiger partial charge is 0.255 e. The number of rotatable bonds is 9. The normalized spacial score (nSPS) is 10.4. The summed E-state index contributed by atoms with van der Waals surface area (Å²) in [6.07, 6.45) is 0. The number of methoxy groups -OCH3 is 1. The molecule has 3 aromatic carbocycles. The lowest BCUT2D eigenvalue weighted by Gasteiger charge is -2.13. The topological polar surface area (TPSA) is 76.7 Å². The molecule has 0 heterocycles. The number of ether oxygens (including phenoxy) is 2. The van der Waals surface area contributed by atoms with Gasteiger partial charge in [0, 0.05) is 19.2 Å². The van der Waals surface area contributed by atoms with E-state index in [2.05, 4.69) is 26.6 Å². The molecule has 0 bridgehead atoms. The quantitative estimate of drug-likeness (QED) is 0.435. The molecule has 0 radical (unpaired) electrons. The van der Waals surface area contributed by atoms with Crippen LogP contribution in [0.5, 0.6) is 5.75 Å². The highest BCUT2D eigenvalue weighted by Crippen LogP contribution is 2.26. The lowest BCUT2D eigenvalue weighted by atomic mass is 10.1. The molecule has 0 fully saturated rings. The van der Waals surface area contributed by atoms with Crippen molar-refractivity contribution >= 4 is 33.4 Å². The predicted octanol–water partition coefficient (Wildman–Crippen LogP) is 4.66. The summed E-state index contributed by atoms with van der Waals surface area (Å²) in [6, 6.07) is 21.6. The number of anilines is 1. The summed E-state index contributed by atoms with van der Waals surface area (Å²) < 4.78 is 11.2. The van der Waals surface area contributed by atoms with Crippen molar-refractivity contribution < 1.29 is 19.1 Å². The first-order chi connectivity index (χ1) is 15.1. The van der Waals surface area contributed by atoms with E-state index in [1.54, 1.807) is 49.6 Å². The van der Waals surface area contributed by atoms with Crippen LogP contribution in [-0.2, 0) is 11.3 Å². The number of benzene rings is 3. The van der Waals surface area contributed by atoms with Crippen molar-refractivity contribution in [2.24, 2.45) is 0 Å². The van der Waals surface area contributed by atoms with Gasteiger partial charge in [-0.25, -0.2) is 0 Å². The maximum absolute atomic E-state index is 12.8. The van der Waals surface area contributed by atoms with Gasteiger partial charge in [-0.05, 0) is 51.8 Å². The molecule has 0 aliphatic carbocycles. The zero-order valence-electron chi connectivity index (χ0n) is 17.1. The number of carbonyl (C=O) groups is 2. The van der Waals surface area contributed by atoms with E-state index in [0.29, 0.717) is 46.8 Å². The minimum atomic E-state index is -0.326. The number of hydrogen-bond donors (Lipinski definition) is 2. The first-order valence-electron chi connectivity index (χ1n) is 9.72. The standard InChI is InChI=1S/C24H23BrN2O4/c1-30-13-14-31-22-12-11-18(15-20(22)25)23(28)27-21-10-6-5-9-19(21)24(29)26-16-17-7-3-2-4-8-17/h2-12,15H,13-14,16H2,1H3,(H,26,29)(H,27,28). The molecular weight excluding hydrogens is 460 g/mol. The molecule has 160 valence electrons. The molecule has 0 aliphatic rings. The summed E-state index contributed by atoms with van der Waals surface area (Å²) in [5, 5.41) is 5.71. The van der Waals surface area contributed by atoms with Crippen molar-refractivity contribution in [2.75, 3.05) is 25.6 Å². The van der Waals surface area contributed by atoms with Crippen molar-refractivity contribution in [1.29, 1.82) is 0 Å². The van der Waals surface area contributed by atoms with Gasteiger partial charge in [0.1, 0.15) is 12.4 Å². The third-order valence-electron chi connectivity index (χ3n) is 4.45. The Labute approximate surface area is 189 Å². The first kappa shape index (κ1) is 22.5. The monoisotopic (exact) mass is 482 g/mol. The lowest BCUT2D eigenvalue weighted by molar-refractivity contribution is 0.0952. The second kappa shape index (κ2) is 11.3. The van der Waals surface area contributed by atoms with Gasteiger partial charge in [-0.3, -0.25) is 9.59 Å². The Morgan fingerprint density at radius 2 is 1.65 bits per heavy atom. The fourth-order valence-electron chi connectivity index (χ4n) is 2.85. The average Bonchev–Trinajstić information content (AvgIpc) is 2.79. The van der Waals surface area contributed by atoms with Gasteiger partial charge in [0.05, 0.1) is 22.3 Å². The van der Waals surface area contributed by atoms with E-state index in [-0.39, 0.29) is 11.8 Å². The highest BCUT2D eigenvalue weighted by atomic mass is 79.9. The maximum Gasteiger partial charge on any atom is 0.255 e. The fraction of sp³-hybridized carbons (Fsp3) is 0.167. The zero-order chi connectivity index (χ0) is 22.1. The molecule has 0 atom stereocenters. The Bertz CT molecular complexity index is 1040. The third-order valence-corrected chi connectivity index (χ3v) is 5.07. The highest BCUT2D eigenvalue weighted by molar-refractivity contribution is 9.10. The number of carbonyl (C=O) groups excluding carboxylic acids is 2. The van der Waals surface area contributed by atoms with Gasteiger partial charge in [0.15, 0.2) is 0 Å². The Kier molecular flexibility index (Phi) is 8.20. The van der Waals surface area contributed by atoms with Gasteiger partial charge < -0.3 is 20.1 Å². The number of halogens is 1. The number of para-hydroxylation sites is 1. The molecule has 3 rings (SSSR count). The van der Waals surface area contributed by atoms with Crippen LogP contribution in [0.3, 0.4) is 0 Å². The van der Waals surface area contributed by atoms with Crippen LogP contribution in [-0.4, -0.2) is 32.1 Å². The third kappa shape index (κ3) is 6.41. The van der Waals surface area contributed by atoms with E-state index in [4.69, 9.17) is 9.47 Å². The van der Waals surface area contributed by atoms with E-state index in [1.807, 2.05) is 30.3 Å². The molecule has 0 saturated carbocycles. The Hall–Kier alpha value is -3.16. The molecule has 2 amide bonds. The minimum absolute atomic E-state index is 0.261. The zero-order valence-corrected chi connectivity index (χ0v) is 18.6. The van der Waals surface area contributed by atoms with E-state index in [9.17, 15) is 9.59 Å². The minimum Gasteiger partial charge on any atom is -0.490 e. The van der Waals surface area contributed by atoms with Crippen LogP contribution in [0, 0.1) is 0 Å². The lowest BCUT2D eigenvalue weighted by Crippen LogP contribution is -2.24. The molecule has 0 aliphatic heterocycles. The fourth-order valence-corrected chi connectivity index (χ4v) is 3.35. The molecule has 31 heavy (non-hydrogen) atoms. The summed E-state index contributed by atoms with van der Waals surface area (Å²) in [5.74, 6) is 0.0320. The van der Waals surface area contributed by atoms with Crippen molar-refractivity contribution in [1.82, 2.24) is 5.32 Å². The van der Waals surface area contributed by atoms with Gasteiger partial charge in [0.2, 0.25) is 0 Å². The molecule has 3 aromatic rings. The summed E-state index contributed by atoms with van der Waals surface area (Å²) in [5.41, 5.74) is 2.26. The molecule has 0 aromatic heterocycles. The van der Waals surface area contributed by atoms with Crippen molar-refractivity contribution in [3.8, 4) is 5.75 Å². The number of hydrogen-bond acceptors (Lipinski definition) is 4. The predicted molar refractivity (Wildman–Crippen MR) is 124 cm³/mol. The second-order valence-electron chi connectivity index (χ2n) is 6.65. The van der Waals surface area contributed by atoms with Crippen molar-refractivity contribution in [2.45, 2.75) is 6.54 Å². The SMILES string of the molecule is COCCOc1ccc(C(=O)Nc2ccccc2C(=O)NCc2ccccc2)cc1Br. The van der Waals surface area contributed by atoms with Gasteiger partial charge >= 0.3 is 0 Å². The molecule has 0 spiro atoms. The Morgan fingerprint density at radius 3 is 2.39 bits per heavy atom. The molecule has 7 heteroatoms. The highest BCUT2D eigenvalue weighted by Gasteiger charge is 2.15. The average molecular weight is 483 g/mol. The van der Waals surface area contributed by atoms with E-state index in [0.717, 1.165) is 5.56 Å². The Morgan fingerprint density at radius 1 is 0.903 bits per heavy atom. The summed E-state index contributed by atoms with van der Waals surface area (Å²) >= 11 is 3.42. The first-order valence-corrected chi connectivity index (χ1v) is 10.5. The molecular formula is C24H23BrN2O4. The Balaban J connectivity index is 1.68. The van der Waals surface area contributed by atoms with Crippen LogP contribution in [0.2, 0.25) is 0 Å². The largest absolute Gasteiger partial charge is 0.490 e. The van der Waals surface area contributed by atoms with E-state index < -0.39 is 0 Å². The summed E-state index contributed by atoms with van der Waals surface area (Å²) in [6.45, 7) is 1.28. The van der Waals surface area contributed by atoms with Crippen LogP contribution >= 0.6 is 15.9 Å². The van der Waals surface area contributed by atoms with Crippen LogP contribution in [0.4, 0.5) is 5.69 Å². The summed E-state index contributed by atoms with van der Waals surface area (Å²) in [4.78, 5) is 25.5. The van der Waals surface area contributed by atoms with E-state index >= 15 is 0 Å². The molecule has 2 N–H and O–H groups in total. The van der Waals surface area contributed by atoms with Crippen molar-refractivity contribution in [3.05, 3.63) is 94.0 Å². The van der Waals surface area contributed by atoms with Crippen molar-refractivity contribution in [3.63, 3.8) is 0 Å². The van der Waals surface area contributed by atoms with Gasteiger partial charge in [-0.1, -0.05) is 42.5 Å². The van der Waals surface area contributed by atoms with Gasteiger partial charge in [-0.2, -0.15) is 0 Å². The molecule has 0 unspecified atom stereocenters. The maximum atomic E-state index is 12.8. The molecule has 6 nitrogen and oxygen atoms in total. The van der Waals surface area contributed by atoms with Crippen LogP contribution in [0.25, 0.3) is 0 Å². The number of amides is 2.